The molecule has 0 radical (unpaired) electrons. The van der Waals surface area contributed by atoms with Crippen LogP contribution in [-0.2, 0) is 9.53 Å². The van der Waals surface area contributed by atoms with Gasteiger partial charge in [-0.2, -0.15) is 0 Å². The van der Waals surface area contributed by atoms with Crippen LogP contribution in [0.3, 0.4) is 0 Å². The molecule has 4 heteroatoms. The summed E-state index contributed by atoms with van der Waals surface area (Å²) >= 11 is 1.39. The van der Waals surface area contributed by atoms with Gasteiger partial charge in [-0.1, -0.05) is 13.8 Å². The van der Waals surface area contributed by atoms with Crippen molar-refractivity contribution in [3.05, 3.63) is 0 Å². The highest BCUT2D eigenvalue weighted by atomic mass is 32.2. The van der Waals surface area contributed by atoms with Crippen LogP contribution in [0.1, 0.15) is 13.8 Å². The maximum Gasteiger partial charge on any atom is 0.313 e. The molecule has 0 unspecified atom stereocenters. The van der Waals surface area contributed by atoms with E-state index in [4.69, 9.17) is 9.84 Å². The zero-order chi connectivity index (χ0) is 9.40. The smallest absolute Gasteiger partial charge is 0.313 e. The molecule has 0 saturated heterocycles. The fourth-order valence-corrected chi connectivity index (χ4v) is 1.15. The van der Waals surface area contributed by atoms with Gasteiger partial charge in [-0.05, 0) is 5.92 Å². The van der Waals surface area contributed by atoms with Gasteiger partial charge < -0.3 is 9.84 Å². The Morgan fingerprint density at radius 2 is 2.25 bits per heavy atom. The second kappa shape index (κ2) is 7.43. The summed E-state index contributed by atoms with van der Waals surface area (Å²) in [5.41, 5.74) is 0. The van der Waals surface area contributed by atoms with E-state index in [1.54, 1.807) is 0 Å². The lowest BCUT2D eigenvalue weighted by Crippen LogP contribution is -2.06. The van der Waals surface area contributed by atoms with Gasteiger partial charge in [0.1, 0.15) is 0 Å². The van der Waals surface area contributed by atoms with Crippen molar-refractivity contribution in [2.75, 3.05) is 24.7 Å². The van der Waals surface area contributed by atoms with Gasteiger partial charge in [0.15, 0.2) is 0 Å². The van der Waals surface area contributed by atoms with Crippen LogP contribution < -0.4 is 0 Å². The zero-order valence-electron chi connectivity index (χ0n) is 7.58. The number of carboxylic acid groups (broad SMARTS) is 1. The number of ether oxygens (including phenoxy) is 1. The Morgan fingerprint density at radius 3 is 2.75 bits per heavy atom. The first-order valence-corrected chi connectivity index (χ1v) is 5.15. The number of thioether (sulfide) groups is 1. The van der Waals surface area contributed by atoms with Crippen LogP contribution in [-0.4, -0.2) is 35.8 Å². The number of rotatable bonds is 7. The van der Waals surface area contributed by atoms with Crippen LogP contribution in [0, 0.1) is 5.92 Å². The topological polar surface area (TPSA) is 46.5 Å². The Labute approximate surface area is 77.5 Å². The van der Waals surface area contributed by atoms with Crippen LogP contribution in [0.2, 0.25) is 0 Å². The van der Waals surface area contributed by atoms with E-state index in [9.17, 15) is 4.79 Å². The molecule has 0 aromatic rings. The molecular weight excluding hydrogens is 176 g/mol. The lowest BCUT2D eigenvalue weighted by Gasteiger charge is -2.05. The Hall–Kier alpha value is -0.220. The average molecular weight is 192 g/mol. The predicted molar refractivity (Wildman–Crippen MR) is 50.6 cm³/mol. The molecule has 0 saturated carbocycles. The zero-order valence-corrected chi connectivity index (χ0v) is 8.39. The van der Waals surface area contributed by atoms with Crippen LogP contribution in [0.15, 0.2) is 0 Å². The van der Waals surface area contributed by atoms with Crippen molar-refractivity contribution in [2.45, 2.75) is 13.8 Å². The lowest BCUT2D eigenvalue weighted by atomic mass is 10.2. The number of hydrogen-bond donors (Lipinski definition) is 1. The van der Waals surface area contributed by atoms with Crippen molar-refractivity contribution in [1.82, 2.24) is 0 Å². The van der Waals surface area contributed by atoms with Gasteiger partial charge >= 0.3 is 5.97 Å². The SMILES string of the molecule is CC(C)COCCSCC(=O)O. The number of carboxylic acids is 1. The van der Waals surface area contributed by atoms with E-state index < -0.39 is 5.97 Å². The van der Waals surface area contributed by atoms with Crippen molar-refractivity contribution in [3.8, 4) is 0 Å². The van der Waals surface area contributed by atoms with E-state index >= 15 is 0 Å². The first-order valence-electron chi connectivity index (χ1n) is 4.00. The minimum Gasteiger partial charge on any atom is -0.481 e. The first-order chi connectivity index (χ1) is 5.63. The molecule has 0 aliphatic heterocycles. The second-order valence-corrected chi connectivity index (χ2v) is 4.02. The van der Waals surface area contributed by atoms with E-state index in [0.717, 1.165) is 12.4 Å². The molecule has 0 spiro atoms. The van der Waals surface area contributed by atoms with Crippen LogP contribution in [0.5, 0.6) is 0 Å². The second-order valence-electron chi connectivity index (χ2n) is 2.92. The molecule has 12 heavy (non-hydrogen) atoms. The van der Waals surface area contributed by atoms with Gasteiger partial charge in [0.25, 0.3) is 0 Å². The van der Waals surface area contributed by atoms with Crippen molar-refractivity contribution < 1.29 is 14.6 Å². The van der Waals surface area contributed by atoms with Crippen molar-refractivity contribution in [1.29, 1.82) is 0 Å². The summed E-state index contributed by atoms with van der Waals surface area (Å²) in [5.74, 6) is 0.725. The molecule has 0 aromatic heterocycles. The fourth-order valence-electron chi connectivity index (χ4n) is 0.596. The highest BCUT2D eigenvalue weighted by Crippen LogP contribution is 1.99. The molecular formula is C8H16O3S. The fraction of sp³-hybridized carbons (Fsp3) is 0.875. The minimum atomic E-state index is -0.760. The van der Waals surface area contributed by atoms with Gasteiger partial charge in [-0.25, -0.2) is 0 Å². The largest absolute Gasteiger partial charge is 0.481 e. The standard InChI is InChI=1S/C8H16O3S/c1-7(2)5-11-3-4-12-6-8(9)10/h7H,3-6H2,1-2H3,(H,9,10). The summed E-state index contributed by atoms with van der Waals surface area (Å²) in [6, 6.07) is 0. The molecule has 0 fully saturated rings. The Balaban J connectivity index is 2.96. The Kier molecular flexibility index (Phi) is 7.29. The van der Waals surface area contributed by atoms with E-state index in [1.165, 1.54) is 11.8 Å². The molecule has 0 bridgehead atoms. The first kappa shape index (κ1) is 11.8. The molecule has 0 aliphatic carbocycles. The quantitative estimate of drug-likeness (QED) is 0.621. The molecule has 1 N–H and O–H groups in total. The van der Waals surface area contributed by atoms with E-state index in [0.29, 0.717) is 12.5 Å². The highest BCUT2D eigenvalue weighted by Gasteiger charge is 1.97. The third-order valence-corrected chi connectivity index (χ3v) is 1.96. The number of aliphatic carboxylic acids is 1. The molecule has 0 amide bonds. The van der Waals surface area contributed by atoms with Crippen LogP contribution >= 0.6 is 11.8 Å². The number of hydrogen-bond acceptors (Lipinski definition) is 3. The maximum absolute atomic E-state index is 10.1. The van der Waals surface area contributed by atoms with Crippen LogP contribution in [0.4, 0.5) is 0 Å². The summed E-state index contributed by atoms with van der Waals surface area (Å²) in [7, 11) is 0. The minimum absolute atomic E-state index is 0.172. The third-order valence-electron chi connectivity index (χ3n) is 1.05. The van der Waals surface area contributed by atoms with Gasteiger partial charge in [-0.3, -0.25) is 4.79 Å². The molecule has 0 aliphatic rings. The predicted octanol–water partition coefficient (Wildman–Crippen LogP) is 1.48. The van der Waals surface area contributed by atoms with Crippen molar-refractivity contribution >= 4 is 17.7 Å². The van der Waals surface area contributed by atoms with Crippen molar-refractivity contribution in [3.63, 3.8) is 0 Å². The van der Waals surface area contributed by atoms with E-state index in [2.05, 4.69) is 13.8 Å². The monoisotopic (exact) mass is 192 g/mol. The number of carbonyl (C=O) groups is 1. The summed E-state index contributed by atoms with van der Waals surface area (Å²) in [5, 5.41) is 8.30. The normalized spacial score (nSPS) is 10.6. The molecule has 0 atom stereocenters. The highest BCUT2D eigenvalue weighted by molar-refractivity contribution is 7.99. The molecule has 0 rings (SSSR count). The Morgan fingerprint density at radius 1 is 1.58 bits per heavy atom. The molecule has 0 heterocycles. The van der Waals surface area contributed by atoms with Gasteiger partial charge in [0.2, 0.25) is 0 Å². The van der Waals surface area contributed by atoms with Crippen molar-refractivity contribution in [2.24, 2.45) is 5.92 Å². The summed E-state index contributed by atoms with van der Waals surface area (Å²) < 4.78 is 5.26. The average Bonchev–Trinajstić information content (AvgIpc) is 1.95. The third kappa shape index (κ3) is 9.78. The molecule has 72 valence electrons. The van der Waals surface area contributed by atoms with Gasteiger partial charge in [0, 0.05) is 12.4 Å². The molecule has 3 nitrogen and oxygen atoms in total. The van der Waals surface area contributed by atoms with Gasteiger partial charge in [-0.15, -0.1) is 11.8 Å². The van der Waals surface area contributed by atoms with Gasteiger partial charge in [0.05, 0.1) is 12.4 Å². The summed E-state index contributed by atoms with van der Waals surface area (Å²) in [6.07, 6.45) is 0. The lowest BCUT2D eigenvalue weighted by molar-refractivity contribution is -0.133. The van der Waals surface area contributed by atoms with Crippen LogP contribution in [0.25, 0.3) is 0 Å². The van der Waals surface area contributed by atoms with E-state index in [1.807, 2.05) is 0 Å². The maximum atomic E-state index is 10.1. The van der Waals surface area contributed by atoms with E-state index in [-0.39, 0.29) is 5.75 Å². The Bertz CT molecular complexity index is 125. The molecule has 0 aromatic carbocycles. The summed E-state index contributed by atoms with van der Waals surface area (Å²) in [4.78, 5) is 10.1. The summed E-state index contributed by atoms with van der Waals surface area (Å²) in [6.45, 7) is 5.58.